The number of fused-ring (bicyclic) bond motifs is 1. The standard InChI is InChI=1S/C17H18N6O/c1-10-13(11(2)23(3)21-10)5-7-16-20-17(22-24-16)12-4-6-14-15(8-12)19-9-18-14/h4,6,8-9H,5,7H2,1-3H3,(H,18,19). The SMILES string of the molecule is Cc1nn(C)c(C)c1CCc1nc(-c2ccc3nc[nH]c3c2)no1. The van der Waals surface area contributed by atoms with Crippen molar-refractivity contribution in [1.29, 1.82) is 0 Å². The lowest BCUT2D eigenvalue weighted by molar-refractivity contribution is 0.379. The molecule has 0 fully saturated rings. The number of H-pyrrole nitrogens is 1. The Balaban J connectivity index is 1.54. The van der Waals surface area contributed by atoms with Crippen LogP contribution < -0.4 is 0 Å². The minimum atomic E-state index is 0.598. The van der Waals surface area contributed by atoms with E-state index >= 15 is 0 Å². The fourth-order valence-electron chi connectivity index (χ4n) is 2.96. The molecule has 7 heteroatoms. The minimum absolute atomic E-state index is 0.598. The van der Waals surface area contributed by atoms with E-state index in [0.29, 0.717) is 18.1 Å². The zero-order valence-corrected chi connectivity index (χ0v) is 13.9. The monoisotopic (exact) mass is 322 g/mol. The molecule has 3 aromatic heterocycles. The van der Waals surface area contributed by atoms with Gasteiger partial charge in [0.2, 0.25) is 11.7 Å². The Hall–Kier alpha value is -2.96. The van der Waals surface area contributed by atoms with Crippen molar-refractivity contribution in [3.63, 3.8) is 0 Å². The van der Waals surface area contributed by atoms with Crippen molar-refractivity contribution in [2.45, 2.75) is 26.7 Å². The van der Waals surface area contributed by atoms with Gasteiger partial charge in [0.1, 0.15) is 0 Å². The normalized spacial score (nSPS) is 11.5. The van der Waals surface area contributed by atoms with Crippen LogP contribution in [0.25, 0.3) is 22.4 Å². The second-order valence-corrected chi connectivity index (χ2v) is 5.92. The van der Waals surface area contributed by atoms with Gasteiger partial charge < -0.3 is 9.51 Å². The molecule has 0 aliphatic rings. The fraction of sp³-hybridized carbons (Fsp3) is 0.294. The molecule has 0 saturated heterocycles. The van der Waals surface area contributed by atoms with Crippen LogP contribution >= 0.6 is 0 Å². The van der Waals surface area contributed by atoms with Crippen molar-refractivity contribution >= 4 is 11.0 Å². The third kappa shape index (κ3) is 2.47. The van der Waals surface area contributed by atoms with Crippen LogP contribution in [-0.4, -0.2) is 29.9 Å². The molecule has 0 spiro atoms. The van der Waals surface area contributed by atoms with Crippen LogP contribution in [0, 0.1) is 13.8 Å². The number of benzene rings is 1. The van der Waals surface area contributed by atoms with E-state index in [9.17, 15) is 0 Å². The highest BCUT2D eigenvalue weighted by Crippen LogP contribution is 2.21. The summed E-state index contributed by atoms with van der Waals surface area (Å²) in [5, 5.41) is 8.54. The van der Waals surface area contributed by atoms with Crippen molar-refractivity contribution in [1.82, 2.24) is 29.9 Å². The first kappa shape index (κ1) is 14.6. The number of aromatic amines is 1. The van der Waals surface area contributed by atoms with E-state index in [1.165, 1.54) is 11.3 Å². The molecule has 0 bridgehead atoms. The van der Waals surface area contributed by atoms with Gasteiger partial charge in [-0.25, -0.2) is 4.98 Å². The highest BCUT2D eigenvalue weighted by Gasteiger charge is 2.13. The van der Waals surface area contributed by atoms with E-state index in [0.717, 1.165) is 28.7 Å². The Morgan fingerprint density at radius 3 is 2.88 bits per heavy atom. The Labute approximate surface area is 138 Å². The van der Waals surface area contributed by atoms with Gasteiger partial charge in [0.25, 0.3) is 0 Å². The number of nitrogens with one attached hydrogen (secondary N) is 1. The first-order valence-corrected chi connectivity index (χ1v) is 7.87. The zero-order chi connectivity index (χ0) is 16.7. The maximum absolute atomic E-state index is 5.41. The molecular weight excluding hydrogens is 304 g/mol. The molecule has 0 atom stereocenters. The summed E-state index contributed by atoms with van der Waals surface area (Å²) < 4.78 is 7.31. The molecule has 0 amide bonds. The summed E-state index contributed by atoms with van der Waals surface area (Å²) >= 11 is 0. The third-order valence-corrected chi connectivity index (χ3v) is 4.39. The highest BCUT2D eigenvalue weighted by atomic mass is 16.5. The average molecular weight is 322 g/mol. The molecule has 1 N–H and O–H groups in total. The van der Waals surface area contributed by atoms with Gasteiger partial charge in [0.15, 0.2) is 0 Å². The maximum atomic E-state index is 5.41. The molecule has 3 heterocycles. The van der Waals surface area contributed by atoms with Gasteiger partial charge in [-0.05, 0) is 44.0 Å². The van der Waals surface area contributed by atoms with Crippen LogP contribution in [0.15, 0.2) is 29.0 Å². The summed E-state index contributed by atoms with van der Waals surface area (Å²) in [6.07, 6.45) is 3.22. The van der Waals surface area contributed by atoms with Gasteiger partial charge in [0, 0.05) is 24.7 Å². The number of rotatable bonds is 4. The van der Waals surface area contributed by atoms with E-state index in [1.807, 2.05) is 36.9 Å². The van der Waals surface area contributed by atoms with Gasteiger partial charge in [-0.15, -0.1) is 0 Å². The predicted molar refractivity (Wildman–Crippen MR) is 89.5 cm³/mol. The van der Waals surface area contributed by atoms with E-state index in [-0.39, 0.29) is 0 Å². The number of imidazole rings is 1. The second kappa shape index (κ2) is 5.59. The van der Waals surface area contributed by atoms with E-state index < -0.39 is 0 Å². The topological polar surface area (TPSA) is 85.4 Å². The lowest BCUT2D eigenvalue weighted by atomic mass is 10.1. The van der Waals surface area contributed by atoms with Crippen LogP contribution in [0.1, 0.15) is 22.8 Å². The smallest absolute Gasteiger partial charge is 0.227 e. The largest absolute Gasteiger partial charge is 0.345 e. The van der Waals surface area contributed by atoms with Crippen molar-refractivity contribution in [3.05, 3.63) is 47.4 Å². The molecule has 0 unspecified atom stereocenters. The van der Waals surface area contributed by atoms with Crippen LogP contribution in [0.4, 0.5) is 0 Å². The predicted octanol–water partition coefficient (Wildman–Crippen LogP) is 2.75. The van der Waals surface area contributed by atoms with Crippen molar-refractivity contribution < 1.29 is 4.52 Å². The molecule has 0 radical (unpaired) electrons. The molecule has 7 nitrogen and oxygen atoms in total. The summed E-state index contributed by atoms with van der Waals surface area (Å²) in [5.74, 6) is 1.23. The quantitative estimate of drug-likeness (QED) is 0.624. The first-order valence-electron chi connectivity index (χ1n) is 7.87. The van der Waals surface area contributed by atoms with Crippen molar-refractivity contribution in [2.75, 3.05) is 0 Å². The first-order chi connectivity index (χ1) is 11.6. The molecule has 1 aromatic carbocycles. The zero-order valence-electron chi connectivity index (χ0n) is 13.9. The van der Waals surface area contributed by atoms with E-state index in [4.69, 9.17) is 4.52 Å². The van der Waals surface area contributed by atoms with E-state index in [2.05, 4.69) is 32.1 Å². The molecule has 4 rings (SSSR count). The van der Waals surface area contributed by atoms with Crippen LogP contribution in [0.5, 0.6) is 0 Å². The summed E-state index contributed by atoms with van der Waals surface area (Å²) in [7, 11) is 1.96. The van der Waals surface area contributed by atoms with Crippen LogP contribution in [0.2, 0.25) is 0 Å². The van der Waals surface area contributed by atoms with Crippen LogP contribution in [0.3, 0.4) is 0 Å². The molecule has 122 valence electrons. The van der Waals surface area contributed by atoms with Crippen molar-refractivity contribution in [3.8, 4) is 11.4 Å². The van der Waals surface area contributed by atoms with Gasteiger partial charge in [-0.2, -0.15) is 10.1 Å². The average Bonchev–Trinajstić information content (AvgIpc) is 3.27. The summed E-state index contributed by atoms with van der Waals surface area (Å²) in [6, 6.07) is 5.87. The summed E-state index contributed by atoms with van der Waals surface area (Å²) in [6.45, 7) is 4.11. The van der Waals surface area contributed by atoms with Gasteiger partial charge in [-0.3, -0.25) is 4.68 Å². The second-order valence-electron chi connectivity index (χ2n) is 5.92. The number of nitrogens with zero attached hydrogens (tertiary/aromatic N) is 5. The lowest BCUT2D eigenvalue weighted by Crippen LogP contribution is -1.96. The molecule has 0 saturated carbocycles. The minimum Gasteiger partial charge on any atom is -0.345 e. The maximum Gasteiger partial charge on any atom is 0.227 e. The Kier molecular flexibility index (Phi) is 3.41. The number of hydrogen-bond donors (Lipinski definition) is 1. The molecule has 0 aliphatic carbocycles. The Morgan fingerprint density at radius 2 is 2.08 bits per heavy atom. The summed E-state index contributed by atoms with van der Waals surface area (Å²) in [4.78, 5) is 11.8. The molecular formula is C17H18N6O. The van der Waals surface area contributed by atoms with Gasteiger partial charge in [-0.1, -0.05) is 5.16 Å². The summed E-state index contributed by atoms with van der Waals surface area (Å²) in [5.41, 5.74) is 6.27. The number of aryl methyl sites for hydroxylation is 3. The number of aromatic nitrogens is 6. The third-order valence-electron chi connectivity index (χ3n) is 4.39. The fourth-order valence-corrected chi connectivity index (χ4v) is 2.96. The molecule has 4 aromatic rings. The Morgan fingerprint density at radius 1 is 1.21 bits per heavy atom. The van der Waals surface area contributed by atoms with Crippen LogP contribution in [-0.2, 0) is 19.9 Å². The van der Waals surface area contributed by atoms with Gasteiger partial charge in [0.05, 0.1) is 23.1 Å². The molecule has 24 heavy (non-hydrogen) atoms. The highest BCUT2D eigenvalue weighted by molar-refractivity contribution is 5.79. The van der Waals surface area contributed by atoms with E-state index in [1.54, 1.807) is 6.33 Å². The lowest BCUT2D eigenvalue weighted by Gasteiger charge is -1.99. The molecule has 0 aliphatic heterocycles. The van der Waals surface area contributed by atoms with Crippen molar-refractivity contribution in [2.24, 2.45) is 7.05 Å². The number of hydrogen-bond acceptors (Lipinski definition) is 5. The van der Waals surface area contributed by atoms with Gasteiger partial charge >= 0.3 is 0 Å². The Bertz CT molecular complexity index is 1010.